The molecule has 0 unspecified atom stereocenters. The standard InChI is InChI=1S/C18H27N5S.HI/c1-19-18(21-8-3-4-11-24-2)22-13-16-6-5-7-17(12-16)14-23-10-9-20-15-23;/h5-7,9-10,12,15H,3-4,8,11,13-14H2,1-2H3,(H2,19,21,22);1H. The quantitative estimate of drug-likeness (QED) is 0.254. The average molecular weight is 473 g/mol. The maximum absolute atomic E-state index is 4.28. The highest BCUT2D eigenvalue weighted by molar-refractivity contribution is 14.0. The van der Waals surface area contributed by atoms with Gasteiger partial charge in [-0.15, -0.1) is 24.0 Å². The summed E-state index contributed by atoms with van der Waals surface area (Å²) in [6.07, 6.45) is 10.2. The van der Waals surface area contributed by atoms with Gasteiger partial charge >= 0.3 is 0 Å². The van der Waals surface area contributed by atoms with E-state index in [0.29, 0.717) is 0 Å². The molecular formula is C18H28IN5S. The maximum atomic E-state index is 4.28. The molecule has 0 spiro atoms. The third-order valence-electron chi connectivity index (χ3n) is 3.67. The van der Waals surface area contributed by atoms with Crippen LogP contribution < -0.4 is 10.6 Å². The number of halogens is 1. The van der Waals surface area contributed by atoms with Crippen LogP contribution >= 0.6 is 35.7 Å². The van der Waals surface area contributed by atoms with Crippen molar-refractivity contribution in [1.29, 1.82) is 0 Å². The monoisotopic (exact) mass is 473 g/mol. The molecule has 0 saturated carbocycles. The summed E-state index contributed by atoms with van der Waals surface area (Å²) in [5, 5.41) is 6.74. The summed E-state index contributed by atoms with van der Waals surface area (Å²) in [5.41, 5.74) is 2.52. The Balaban J connectivity index is 0.00000312. The predicted molar refractivity (Wildman–Crippen MR) is 119 cm³/mol. The third kappa shape index (κ3) is 8.62. The van der Waals surface area contributed by atoms with E-state index in [1.54, 1.807) is 6.20 Å². The summed E-state index contributed by atoms with van der Waals surface area (Å²) in [6.45, 7) is 2.57. The first-order chi connectivity index (χ1) is 11.8. The summed E-state index contributed by atoms with van der Waals surface area (Å²) < 4.78 is 2.07. The molecule has 0 fully saturated rings. The molecule has 0 bridgehead atoms. The Labute approximate surface area is 172 Å². The number of imidazole rings is 1. The van der Waals surface area contributed by atoms with E-state index in [9.17, 15) is 0 Å². The molecule has 5 nitrogen and oxygen atoms in total. The van der Waals surface area contributed by atoms with Gasteiger partial charge in [-0.2, -0.15) is 11.8 Å². The van der Waals surface area contributed by atoms with Gasteiger partial charge in [0.05, 0.1) is 6.33 Å². The molecule has 0 aliphatic carbocycles. The van der Waals surface area contributed by atoms with Crippen molar-refractivity contribution < 1.29 is 0 Å². The summed E-state index contributed by atoms with van der Waals surface area (Å²) in [7, 11) is 1.81. The Morgan fingerprint density at radius 1 is 1.24 bits per heavy atom. The fourth-order valence-electron chi connectivity index (χ4n) is 2.41. The van der Waals surface area contributed by atoms with E-state index < -0.39 is 0 Å². The first kappa shape index (κ1) is 21.8. The number of nitrogens with zero attached hydrogens (tertiary/aromatic N) is 3. The third-order valence-corrected chi connectivity index (χ3v) is 4.36. The Morgan fingerprint density at radius 2 is 2.08 bits per heavy atom. The Morgan fingerprint density at radius 3 is 2.80 bits per heavy atom. The topological polar surface area (TPSA) is 54.2 Å². The van der Waals surface area contributed by atoms with Crippen molar-refractivity contribution in [2.75, 3.05) is 25.6 Å². The Kier molecular flexibility index (Phi) is 11.4. The van der Waals surface area contributed by atoms with E-state index in [-0.39, 0.29) is 24.0 Å². The number of benzene rings is 1. The van der Waals surface area contributed by atoms with E-state index in [1.807, 2.05) is 31.3 Å². The van der Waals surface area contributed by atoms with Crippen molar-refractivity contribution in [3.05, 3.63) is 54.1 Å². The van der Waals surface area contributed by atoms with Crippen LogP contribution in [-0.4, -0.2) is 41.1 Å². The number of unbranched alkanes of at least 4 members (excludes halogenated alkanes) is 1. The second kappa shape index (κ2) is 13.0. The fraction of sp³-hybridized carbons (Fsp3) is 0.444. The van der Waals surface area contributed by atoms with Crippen LogP contribution in [0.2, 0.25) is 0 Å². The zero-order valence-corrected chi connectivity index (χ0v) is 18.1. The Bertz CT molecular complexity index is 616. The van der Waals surface area contributed by atoms with Gasteiger partial charge in [0.1, 0.15) is 0 Å². The highest BCUT2D eigenvalue weighted by Crippen LogP contribution is 2.07. The normalized spacial score (nSPS) is 11.0. The molecular weight excluding hydrogens is 445 g/mol. The number of aliphatic imine (C=N–C) groups is 1. The van der Waals surface area contributed by atoms with Crippen LogP contribution in [0.15, 0.2) is 48.0 Å². The van der Waals surface area contributed by atoms with Crippen molar-refractivity contribution in [1.82, 2.24) is 20.2 Å². The molecule has 2 aromatic rings. The van der Waals surface area contributed by atoms with E-state index in [4.69, 9.17) is 0 Å². The number of hydrogen-bond donors (Lipinski definition) is 2. The molecule has 2 N–H and O–H groups in total. The minimum atomic E-state index is 0. The number of rotatable bonds is 9. The molecule has 1 aromatic carbocycles. The molecule has 1 aromatic heterocycles. The predicted octanol–water partition coefficient (Wildman–Crippen LogP) is 3.36. The second-order valence-corrected chi connectivity index (χ2v) is 6.59. The van der Waals surface area contributed by atoms with Gasteiger partial charge in [0, 0.05) is 39.1 Å². The number of aromatic nitrogens is 2. The first-order valence-corrected chi connectivity index (χ1v) is 9.68. The highest BCUT2D eigenvalue weighted by Gasteiger charge is 2.00. The van der Waals surface area contributed by atoms with Crippen LogP contribution in [0.3, 0.4) is 0 Å². The molecule has 0 aliphatic heterocycles. The van der Waals surface area contributed by atoms with Gasteiger partial charge in [-0.1, -0.05) is 24.3 Å². The lowest BCUT2D eigenvalue weighted by Crippen LogP contribution is -2.37. The average Bonchev–Trinajstić information content (AvgIpc) is 3.11. The van der Waals surface area contributed by atoms with Crippen molar-refractivity contribution in [3.63, 3.8) is 0 Å². The number of thioether (sulfide) groups is 1. The molecule has 7 heteroatoms. The van der Waals surface area contributed by atoms with Crippen LogP contribution in [0.4, 0.5) is 0 Å². The smallest absolute Gasteiger partial charge is 0.191 e. The number of guanidine groups is 1. The number of nitrogens with one attached hydrogen (secondary N) is 2. The van der Waals surface area contributed by atoms with Gasteiger partial charge in [0.15, 0.2) is 5.96 Å². The SMILES string of the molecule is CN=C(NCCCCSC)NCc1cccc(Cn2ccnc2)c1.I. The molecule has 0 aliphatic rings. The van der Waals surface area contributed by atoms with Gasteiger partial charge in [-0.25, -0.2) is 4.98 Å². The summed E-state index contributed by atoms with van der Waals surface area (Å²) in [5.74, 6) is 2.08. The molecule has 1 heterocycles. The van der Waals surface area contributed by atoms with Crippen molar-refractivity contribution in [3.8, 4) is 0 Å². The van der Waals surface area contributed by atoms with E-state index in [2.05, 4.69) is 55.7 Å². The van der Waals surface area contributed by atoms with Crippen LogP contribution in [-0.2, 0) is 13.1 Å². The molecule has 138 valence electrons. The molecule has 0 atom stereocenters. The molecule has 0 saturated heterocycles. The second-order valence-electron chi connectivity index (χ2n) is 5.61. The van der Waals surface area contributed by atoms with E-state index in [1.165, 1.54) is 29.7 Å². The van der Waals surface area contributed by atoms with Crippen LogP contribution in [0.25, 0.3) is 0 Å². The largest absolute Gasteiger partial charge is 0.356 e. The summed E-state index contributed by atoms with van der Waals surface area (Å²) in [6, 6.07) is 8.60. The van der Waals surface area contributed by atoms with Gasteiger partial charge in [0.2, 0.25) is 0 Å². The zero-order chi connectivity index (χ0) is 17.0. The van der Waals surface area contributed by atoms with Gasteiger partial charge in [-0.3, -0.25) is 4.99 Å². The maximum Gasteiger partial charge on any atom is 0.191 e. The van der Waals surface area contributed by atoms with Gasteiger partial charge in [0.25, 0.3) is 0 Å². The van der Waals surface area contributed by atoms with Crippen molar-refractivity contribution in [2.45, 2.75) is 25.9 Å². The van der Waals surface area contributed by atoms with Gasteiger partial charge in [-0.05, 0) is 36.0 Å². The lowest BCUT2D eigenvalue weighted by molar-refractivity contribution is 0.732. The van der Waals surface area contributed by atoms with Crippen molar-refractivity contribution >= 4 is 41.7 Å². The molecule has 25 heavy (non-hydrogen) atoms. The lowest BCUT2D eigenvalue weighted by atomic mass is 10.1. The molecule has 0 amide bonds. The first-order valence-electron chi connectivity index (χ1n) is 8.29. The fourth-order valence-corrected chi connectivity index (χ4v) is 2.91. The zero-order valence-electron chi connectivity index (χ0n) is 14.9. The summed E-state index contributed by atoms with van der Waals surface area (Å²) >= 11 is 1.90. The van der Waals surface area contributed by atoms with Crippen LogP contribution in [0.5, 0.6) is 0 Å². The minimum Gasteiger partial charge on any atom is -0.356 e. The van der Waals surface area contributed by atoms with Crippen LogP contribution in [0.1, 0.15) is 24.0 Å². The summed E-state index contributed by atoms with van der Waals surface area (Å²) in [4.78, 5) is 8.36. The van der Waals surface area contributed by atoms with E-state index >= 15 is 0 Å². The number of hydrogen-bond acceptors (Lipinski definition) is 3. The highest BCUT2D eigenvalue weighted by atomic mass is 127. The molecule has 0 radical (unpaired) electrons. The van der Waals surface area contributed by atoms with Gasteiger partial charge < -0.3 is 15.2 Å². The van der Waals surface area contributed by atoms with Crippen molar-refractivity contribution in [2.24, 2.45) is 4.99 Å². The minimum absolute atomic E-state index is 0. The van der Waals surface area contributed by atoms with E-state index in [0.717, 1.165) is 25.6 Å². The van der Waals surface area contributed by atoms with Crippen LogP contribution in [0, 0.1) is 0 Å². The molecule has 2 rings (SSSR count). The lowest BCUT2D eigenvalue weighted by Gasteiger charge is -2.12. The Hall–Kier alpha value is -1.22.